The molecule has 0 N–H and O–H groups in total. The number of esters is 3. The van der Waals surface area contributed by atoms with Gasteiger partial charge in [0.1, 0.15) is 13.2 Å². The number of ether oxygens (including phenoxy) is 3. The van der Waals surface area contributed by atoms with Gasteiger partial charge in [0.15, 0.2) is 6.10 Å². The molecule has 0 heterocycles. The van der Waals surface area contributed by atoms with Crippen LogP contribution in [0.2, 0.25) is 0 Å². The summed E-state index contributed by atoms with van der Waals surface area (Å²) in [5.41, 5.74) is 0. The first-order valence-corrected chi connectivity index (χ1v) is 30.3. The van der Waals surface area contributed by atoms with E-state index in [1.165, 1.54) is 38.5 Å². The van der Waals surface area contributed by atoms with Gasteiger partial charge in [-0.25, -0.2) is 0 Å². The van der Waals surface area contributed by atoms with Crippen LogP contribution in [0.25, 0.3) is 0 Å². The largest absolute Gasteiger partial charge is 0.462 e. The summed E-state index contributed by atoms with van der Waals surface area (Å²) in [7, 11) is 0. The summed E-state index contributed by atoms with van der Waals surface area (Å²) < 4.78 is 16.8. The predicted molar refractivity (Wildman–Crippen MR) is 334 cm³/mol. The highest BCUT2D eigenvalue weighted by Crippen LogP contribution is 2.12. The quantitative estimate of drug-likeness (QED) is 0.0261. The first-order valence-electron chi connectivity index (χ1n) is 30.3. The van der Waals surface area contributed by atoms with E-state index in [0.717, 1.165) is 135 Å². The third-order valence-electron chi connectivity index (χ3n) is 11.9. The molecule has 6 heteroatoms. The maximum Gasteiger partial charge on any atom is 0.306 e. The van der Waals surface area contributed by atoms with Gasteiger partial charge < -0.3 is 14.2 Å². The van der Waals surface area contributed by atoms with Crippen molar-refractivity contribution in [1.29, 1.82) is 0 Å². The summed E-state index contributed by atoms with van der Waals surface area (Å²) in [6.07, 6.45) is 94.7. The number of hydrogen-bond donors (Lipinski definition) is 0. The summed E-state index contributed by atoms with van der Waals surface area (Å²) in [6.45, 7) is 6.27. The lowest BCUT2D eigenvalue weighted by molar-refractivity contribution is -0.166. The van der Waals surface area contributed by atoms with Crippen LogP contribution in [-0.4, -0.2) is 37.2 Å². The molecule has 0 aliphatic carbocycles. The number of allylic oxidation sites excluding steroid dienone is 30. The molecule has 0 saturated carbocycles. The summed E-state index contributed by atoms with van der Waals surface area (Å²) in [5, 5.41) is 0. The lowest BCUT2D eigenvalue weighted by Crippen LogP contribution is -2.30. The minimum atomic E-state index is -0.851. The van der Waals surface area contributed by atoms with Gasteiger partial charge in [-0.05, 0) is 148 Å². The molecule has 1 atom stereocenters. The van der Waals surface area contributed by atoms with Crippen molar-refractivity contribution in [3.63, 3.8) is 0 Å². The van der Waals surface area contributed by atoms with Crippen LogP contribution in [0.15, 0.2) is 182 Å². The van der Waals surface area contributed by atoms with Gasteiger partial charge in [-0.15, -0.1) is 0 Å². The molecule has 1 unspecified atom stereocenters. The van der Waals surface area contributed by atoms with Crippen molar-refractivity contribution in [2.24, 2.45) is 0 Å². The van der Waals surface area contributed by atoms with Crippen molar-refractivity contribution < 1.29 is 28.6 Å². The van der Waals surface area contributed by atoms with Crippen molar-refractivity contribution in [1.82, 2.24) is 0 Å². The van der Waals surface area contributed by atoms with E-state index in [2.05, 4.69) is 191 Å². The molecule has 0 aromatic heterocycles. The molecule has 0 aliphatic rings. The van der Waals surface area contributed by atoms with E-state index in [9.17, 15) is 14.4 Å². The maximum absolute atomic E-state index is 12.8. The van der Waals surface area contributed by atoms with Gasteiger partial charge >= 0.3 is 17.9 Å². The molecule has 0 aromatic carbocycles. The molecule has 0 radical (unpaired) electrons. The van der Waals surface area contributed by atoms with Gasteiger partial charge in [-0.2, -0.15) is 0 Å². The third-order valence-corrected chi connectivity index (χ3v) is 11.9. The summed E-state index contributed by atoms with van der Waals surface area (Å²) in [6, 6.07) is 0. The lowest BCUT2D eigenvalue weighted by Gasteiger charge is -2.18. The van der Waals surface area contributed by atoms with Gasteiger partial charge in [0.05, 0.1) is 0 Å². The molecule has 0 aromatic rings. The van der Waals surface area contributed by atoms with Crippen LogP contribution >= 0.6 is 0 Å². The normalized spacial score (nSPS) is 13.4. The molecule has 0 bridgehead atoms. The number of rotatable bonds is 52. The molecule has 0 aliphatic heterocycles. The predicted octanol–water partition coefficient (Wildman–Crippen LogP) is 20.9. The van der Waals surface area contributed by atoms with E-state index < -0.39 is 12.1 Å². The highest BCUT2D eigenvalue weighted by molar-refractivity contribution is 5.71. The second-order valence-corrected chi connectivity index (χ2v) is 19.1. The number of carbonyl (C=O) groups excluding carboxylic acids is 3. The zero-order valence-electron chi connectivity index (χ0n) is 48.9. The van der Waals surface area contributed by atoms with E-state index in [4.69, 9.17) is 14.2 Å². The molecule has 0 fully saturated rings. The fourth-order valence-corrected chi connectivity index (χ4v) is 7.42. The zero-order valence-corrected chi connectivity index (χ0v) is 48.9. The monoisotopic (exact) mass is 1060 g/mol. The fraction of sp³-hybridized carbons (Fsp3) is 0.535. The standard InChI is InChI=1S/C71H108O6/c1-4-7-10-13-16-19-22-25-27-29-31-32-33-34-35-36-37-38-40-41-43-46-49-52-55-58-61-64-70(73)76-67-68(66-75-69(72)63-60-57-54-51-48-45-24-21-18-15-12-9-6-3)77-71(74)65-62-59-56-53-50-47-44-42-39-30-28-26-23-20-17-14-11-8-5-2/h7-8,10-11,16-17,19-21,24-28,31-32,34-35,37-39,41-43,47,49-50,52,56,59,68H,4-6,9,12-15,18,22-23,29-30,33,36,40,44-46,48,51,53-55,57-58,60-67H2,1-3H3/b10-7-,11-8-,19-16-,20-17-,24-21-,27-25-,28-26-,32-31-,35-34-,38-37-,42-39-,43-41-,50-47-,52-49-,59-56-. The van der Waals surface area contributed by atoms with Crippen LogP contribution in [0.4, 0.5) is 0 Å². The number of hydrogen-bond acceptors (Lipinski definition) is 6. The Hall–Kier alpha value is -5.49. The van der Waals surface area contributed by atoms with Crippen molar-refractivity contribution in [2.45, 2.75) is 232 Å². The highest BCUT2D eigenvalue weighted by atomic mass is 16.6. The van der Waals surface area contributed by atoms with E-state index in [0.29, 0.717) is 19.3 Å². The second kappa shape index (κ2) is 63.0. The van der Waals surface area contributed by atoms with Crippen LogP contribution in [0.5, 0.6) is 0 Å². The first-order chi connectivity index (χ1) is 38.0. The van der Waals surface area contributed by atoms with Gasteiger partial charge in [0, 0.05) is 19.3 Å². The molecule has 0 saturated heterocycles. The fourth-order valence-electron chi connectivity index (χ4n) is 7.42. The highest BCUT2D eigenvalue weighted by Gasteiger charge is 2.19. The molecule has 77 heavy (non-hydrogen) atoms. The summed E-state index contributed by atoms with van der Waals surface area (Å²) in [5.74, 6) is -1.09. The summed E-state index contributed by atoms with van der Waals surface area (Å²) >= 11 is 0. The topological polar surface area (TPSA) is 78.9 Å². The minimum Gasteiger partial charge on any atom is -0.462 e. The molecule has 0 amide bonds. The Labute approximate surface area is 472 Å². The van der Waals surface area contributed by atoms with Gasteiger partial charge in [0.25, 0.3) is 0 Å². The Balaban J connectivity index is 4.57. The van der Waals surface area contributed by atoms with Crippen molar-refractivity contribution >= 4 is 17.9 Å². The van der Waals surface area contributed by atoms with Crippen molar-refractivity contribution in [2.75, 3.05) is 13.2 Å². The Bertz CT molecular complexity index is 1840. The van der Waals surface area contributed by atoms with E-state index in [1.807, 2.05) is 12.2 Å². The van der Waals surface area contributed by atoms with Crippen molar-refractivity contribution in [3.8, 4) is 0 Å². The van der Waals surface area contributed by atoms with E-state index in [-0.39, 0.29) is 38.0 Å². The molecular weight excluding hydrogens is 949 g/mol. The Morgan fingerprint density at radius 3 is 0.883 bits per heavy atom. The van der Waals surface area contributed by atoms with E-state index in [1.54, 1.807) is 0 Å². The van der Waals surface area contributed by atoms with Crippen LogP contribution in [0.3, 0.4) is 0 Å². The Morgan fingerprint density at radius 2 is 0.532 bits per heavy atom. The maximum atomic E-state index is 12.8. The minimum absolute atomic E-state index is 0.136. The number of carbonyl (C=O) groups is 3. The molecule has 6 nitrogen and oxygen atoms in total. The number of unbranched alkanes of at least 4 members (excludes halogenated alkanes) is 11. The third kappa shape index (κ3) is 61.2. The van der Waals surface area contributed by atoms with Crippen LogP contribution in [0.1, 0.15) is 226 Å². The summed E-state index contributed by atoms with van der Waals surface area (Å²) in [4.78, 5) is 38.2. The van der Waals surface area contributed by atoms with Crippen LogP contribution in [-0.2, 0) is 28.6 Å². The molecule has 0 rings (SSSR count). The Kier molecular flexibility index (Phi) is 58.6. The van der Waals surface area contributed by atoms with Gasteiger partial charge in [-0.1, -0.05) is 242 Å². The van der Waals surface area contributed by atoms with Crippen LogP contribution < -0.4 is 0 Å². The average Bonchev–Trinajstić information content (AvgIpc) is 3.43. The van der Waals surface area contributed by atoms with Gasteiger partial charge in [0.2, 0.25) is 0 Å². The first kappa shape index (κ1) is 71.5. The molecule has 0 spiro atoms. The van der Waals surface area contributed by atoms with Crippen molar-refractivity contribution in [3.05, 3.63) is 182 Å². The van der Waals surface area contributed by atoms with E-state index >= 15 is 0 Å². The molecule has 428 valence electrons. The Morgan fingerprint density at radius 1 is 0.273 bits per heavy atom. The second-order valence-electron chi connectivity index (χ2n) is 19.1. The average molecular weight is 1060 g/mol. The lowest BCUT2D eigenvalue weighted by atomic mass is 10.1. The van der Waals surface area contributed by atoms with Gasteiger partial charge in [-0.3, -0.25) is 14.4 Å². The SMILES string of the molecule is CC/C=C\C/C=C\C/C=C\C/C=C\C/C=C\C/C=C\C/C=C\C/C=C\CCCCC(=O)OCC(COC(=O)CCCCCCC/C=C\CCCCCC)OC(=O)CC/C=C\C/C=C\C/C=C\C/C=C\C/C=C\C/C=C\CC. The van der Waals surface area contributed by atoms with Crippen LogP contribution in [0, 0.1) is 0 Å². The smallest absolute Gasteiger partial charge is 0.306 e. The zero-order chi connectivity index (χ0) is 55.7. The molecular formula is C71H108O6.